The molecule has 1 aliphatic heterocycles. The lowest BCUT2D eigenvalue weighted by Gasteiger charge is -2.25. The summed E-state index contributed by atoms with van der Waals surface area (Å²) in [5, 5.41) is 3.74. The van der Waals surface area contributed by atoms with E-state index in [1.807, 2.05) is 47.4 Å². The first kappa shape index (κ1) is 15.9. The maximum Gasteiger partial charge on any atom is 0.322 e. The second kappa shape index (κ2) is 6.63. The van der Waals surface area contributed by atoms with Gasteiger partial charge in [-0.15, -0.1) is 0 Å². The Balaban J connectivity index is 1.75. The van der Waals surface area contributed by atoms with Crippen molar-refractivity contribution < 1.29 is 4.79 Å². The summed E-state index contributed by atoms with van der Waals surface area (Å²) < 4.78 is 0. The van der Waals surface area contributed by atoms with Crippen molar-refractivity contribution in [3.05, 3.63) is 64.2 Å². The van der Waals surface area contributed by atoms with E-state index in [1.165, 1.54) is 11.1 Å². The predicted octanol–water partition coefficient (Wildman–Crippen LogP) is 5.33. The minimum Gasteiger partial charge on any atom is -0.317 e. The predicted molar refractivity (Wildman–Crippen MR) is 95.1 cm³/mol. The van der Waals surface area contributed by atoms with Crippen LogP contribution in [0.25, 0.3) is 0 Å². The summed E-state index contributed by atoms with van der Waals surface area (Å²) in [4.78, 5) is 14.6. The first-order chi connectivity index (χ1) is 11.0. The molecule has 3 rings (SSSR count). The Hall–Kier alpha value is -2.00. The van der Waals surface area contributed by atoms with E-state index < -0.39 is 0 Å². The second-order valence-electron chi connectivity index (χ2n) is 6.13. The summed E-state index contributed by atoms with van der Waals surface area (Å²) in [6.07, 6.45) is 2.01. The van der Waals surface area contributed by atoms with Gasteiger partial charge in [-0.05, 0) is 67.6 Å². The molecule has 4 heteroatoms. The molecule has 1 fully saturated rings. The van der Waals surface area contributed by atoms with E-state index in [0.29, 0.717) is 0 Å². The molecule has 0 bridgehead atoms. The third-order valence-corrected chi connectivity index (χ3v) is 4.78. The number of carbonyl (C=O) groups excluding carboxylic acids is 1. The number of rotatable bonds is 2. The van der Waals surface area contributed by atoms with Gasteiger partial charge in [-0.3, -0.25) is 0 Å². The third kappa shape index (κ3) is 3.50. The maximum atomic E-state index is 12.7. The molecule has 0 saturated carbocycles. The summed E-state index contributed by atoms with van der Waals surface area (Å²) in [6, 6.07) is 13.9. The van der Waals surface area contributed by atoms with Gasteiger partial charge < -0.3 is 10.2 Å². The highest BCUT2D eigenvalue weighted by Crippen LogP contribution is 2.33. The van der Waals surface area contributed by atoms with Crippen molar-refractivity contribution in [3.63, 3.8) is 0 Å². The van der Waals surface area contributed by atoms with Crippen LogP contribution >= 0.6 is 11.6 Å². The number of nitrogens with one attached hydrogen (secondary N) is 1. The zero-order valence-electron chi connectivity index (χ0n) is 13.5. The quantitative estimate of drug-likeness (QED) is 0.794. The van der Waals surface area contributed by atoms with Gasteiger partial charge in [0.15, 0.2) is 0 Å². The summed E-state index contributed by atoms with van der Waals surface area (Å²) in [6.45, 7) is 4.90. The van der Waals surface area contributed by atoms with Crippen LogP contribution in [-0.2, 0) is 0 Å². The SMILES string of the molecule is Cc1ccc(NC(=O)N2CCC[C@@H]2c2ccc(Cl)cc2)cc1C. The smallest absolute Gasteiger partial charge is 0.317 e. The molecule has 1 N–H and O–H groups in total. The van der Waals surface area contributed by atoms with E-state index in [4.69, 9.17) is 11.6 Å². The van der Waals surface area contributed by atoms with Crippen LogP contribution in [0.5, 0.6) is 0 Å². The molecule has 0 aliphatic carbocycles. The van der Waals surface area contributed by atoms with E-state index in [0.717, 1.165) is 35.7 Å². The second-order valence-corrected chi connectivity index (χ2v) is 6.57. The average Bonchev–Trinajstić information content (AvgIpc) is 3.01. The Morgan fingerprint density at radius 3 is 2.57 bits per heavy atom. The lowest BCUT2D eigenvalue weighted by Crippen LogP contribution is -2.34. The zero-order chi connectivity index (χ0) is 16.4. The minimum absolute atomic E-state index is 0.0364. The molecule has 1 heterocycles. The Bertz CT molecular complexity index is 712. The number of hydrogen-bond acceptors (Lipinski definition) is 1. The molecule has 2 amide bonds. The summed E-state index contributed by atoms with van der Waals surface area (Å²) in [5.74, 6) is 0. The molecule has 3 nitrogen and oxygen atoms in total. The van der Waals surface area contributed by atoms with Crippen molar-refractivity contribution in [2.45, 2.75) is 32.7 Å². The van der Waals surface area contributed by atoms with Crippen molar-refractivity contribution in [3.8, 4) is 0 Å². The van der Waals surface area contributed by atoms with E-state index in [2.05, 4.69) is 19.2 Å². The number of benzene rings is 2. The molecule has 1 atom stereocenters. The Kier molecular flexibility index (Phi) is 4.58. The summed E-state index contributed by atoms with van der Waals surface area (Å²) in [7, 11) is 0. The van der Waals surface area contributed by atoms with E-state index in [9.17, 15) is 4.79 Å². The highest BCUT2D eigenvalue weighted by Gasteiger charge is 2.29. The number of carbonyl (C=O) groups is 1. The Morgan fingerprint density at radius 2 is 1.87 bits per heavy atom. The van der Waals surface area contributed by atoms with Gasteiger partial charge in [0.2, 0.25) is 0 Å². The van der Waals surface area contributed by atoms with Crippen molar-refractivity contribution in [1.29, 1.82) is 0 Å². The Labute approximate surface area is 142 Å². The van der Waals surface area contributed by atoms with Crippen LogP contribution in [0, 0.1) is 13.8 Å². The molecular formula is C19H21ClN2O. The Morgan fingerprint density at radius 1 is 1.13 bits per heavy atom. The monoisotopic (exact) mass is 328 g/mol. The van der Waals surface area contributed by atoms with Crippen LogP contribution < -0.4 is 5.32 Å². The first-order valence-electron chi connectivity index (χ1n) is 7.95. The summed E-state index contributed by atoms with van der Waals surface area (Å²) >= 11 is 5.96. The van der Waals surface area contributed by atoms with E-state index in [-0.39, 0.29) is 12.1 Å². The molecule has 23 heavy (non-hydrogen) atoms. The van der Waals surface area contributed by atoms with Gasteiger partial charge in [0.1, 0.15) is 0 Å². The number of likely N-dealkylation sites (tertiary alicyclic amines) is 1. The molecule has 120 valence electrons. The van der Waals surface area contributed by atoms with E-state index >= 15 is 0 Å². The average molecular weight is 329 g/mol. The van der Waals surface area contributed by atoms with Gasteiger partial charge in [0, 0.05) is 17.3 Å². The van der Waals surface area contributed by atoms with Gasteiger partial charge in [-0.1, -0.05) is 29.8 Å². The fourth-order valence-corrected chi connectivity index (χ4v) is 3.18. The summed E-state index contributed by atoms with van der Waals surface area (Å²) in [5.41, 5.74) is 4.39. The number of halogens is 1. The number of aryl methyl sites for hydroxylation is 2. The lowest BCUT2D eigenvalue weighted by molar-refractivity contribution is 0.207. The fourth-order valence-electron chi connectivity index (χ4n) is 3.06. The number of anilines is 1. The van der Waals surface area contributed by atoms with Crippen LogP contribution in [0.4, 0.5) is 10.5 Å². The molecule has 2 aromatic carbocycles. The largest absolute Gasteiger partial charge is 0.322 e. The van der Waals surface area contributed by atoms with Crippen molar-refractivity contribution in [1.82, 2.24) is 4.90 Å². The minimum atomic E-state index is -0.0364. The van der Waals surface area contributed by atoms with Crippen LogP contribution in [0.15, 0.2) is 42.5 Å². The fraction of sp³-hybridized carbons (Fsp3) is 0.316. The maximum absolute atomic E-state index is 12.7. The van der Waals surface area contributed by atoms with Crippen LogP contribution in [0.2, 0.25) is 5.02 Å². The molecule has 2 aromatic rings. The van der Waals surface area contributed by atoms with Gasteiger partial charge in [0.25, 0.3) is 0 Å². The van der Waals surface area contributed by atoms with Gasteiger partial charge in [0.05, 0.1) is 6.04 Å². The van der Waals surface area contributed by atoms with Crippen LogP contribution in [0.3, 0.4) is 0 Å². The van der Waals surface area contributed by atoms with Crippen LogP contribution in [0.1, 0.15) is 35.6 Å². The van der Waals surface area contributed by atoms with Crippen LogP contribution in [-0.4, -0.2) is 17.5 Å². The lowest BCUT2D eigenvalue weighted by atomic mass is 10.1. The highest BCUT2D eigenvalue weighted by molar-refractivity contribution is 6.30. The first-order valence-corrected chi connectivity index (χ1v) is 8.33. The standard InChI is InChI=1S/C19H21ClN2O/c1-13-5-10-17(12-14(13)2)21-19(23)22-11-3-4-18(22)15-6-8-16(20)9-7-15/h5-10,12,18H,3-4,11H2,1-2H3,(H,21,23)/t18-/m1/s1. The molecule has 1 saturated heterocycles. The van der Waals surface area contributed by atoms with Crippen molar-refractivity contribution in [2.75, 3.05) is 11.9 Å². The molecule has 0 unspecified atom stereocenters. The zero-order valence-corrected chi connectivity index (χ0v) is 14.2. The highest BCUT2D eigenvalue weighted by atomic mass is 35.5. The number of urea groups is 1. The van der Waals surface area contributed by atoms with Crippen molar-refractivity contribution in [2.24, 2.45) is 0 Å². The molecule has 0 spiro atoms. The van der Waals surface area contributed by atoms with E-state index in [1.54, 1.807) is 0 Å². The molecule has 0 radical (unpaired) electrons. The molecular weight excluding hydrogens is 308 g/mol. The van der Waals surface area contributed by atoms with Gasteiger partial charge in [-0.2, -0.15) is 0 Å². The normalized spacial score (nSPS) is 17.3. The van der Waals surface area contributed by atoms with Gasteiger partial charge >= 0.3 is 6.03 Å². The number of hydrogen-bond donors (Lipinski definition) is 1. The number of amides is 2. The van der Waals surface area contributed by atoms with Gasteiger partial charge in [-0.25, -0.2) is 4.79 Å². The third-order valence-electron chi connectivity index (χ3n) is 4.53. The van der Waals surface area contributed by atoms with Crippen molar-refractivity contribution >= 4 is 23.3 Å². The topological polar surface area (TPSA) is 32.3 Å². The molecule has 0 aromatic heterocycles. The molecule has 1 aliphatic rings. The number of nitrogens with zero attached hydrogens (tertiary/aromatic N) is 1.